The molecular formula is C19H32N2O3. The number of nitrogens with zero attached hydrogens (tertiary/aromatic N) is 1. The minimum Gasteiger partial charge on any atom is -0.494 e. The average molecular weight is 336 g/mol. The Hall–Kier alpha value is -1.59. The van der Waals surface area contributed by atoms with Crippen molar-refractivity contribution >= 4 is 11.6 Å². The Bertz CT molecular complexity index is 500. The second-order valence-corrected chi connectivity index (χ2v) is 7.02. The molecule has 0 spiro atoms. The monoisotopic (exact) mass is 336 g/mol. The predicted molar refractivity (Wildman–Crippen MR) is 98.6 cm³/mol. The molecule has 0 unspecified atom stereocenters. The van der Waals surface area contributed by atoms with Gasteiger partial charge in [-0.1, -0.05) is 13.8 Å². The van der Waals surface area contributed by atoms with E-state index in [4.69, 9.17) is 9.47 Å². The van der Waals surface area contributed by atoms with Crippen LogP contribution in [-0.2, 0) is 9.53 Å². The Morgan fingerprint density at radius 1 is 1.25 bits per heavy atom. The molecule has 1 atom stereocenters. The van der Waals surface area contributed by atoms with Crippen LogP contribution < -0.4 is 10.1 Å². The number of methoxy groups -OCH3 is 1. The lowest BCUT2D eigenvalue weighted by Gasteiger charge is -2.28. The highest BCUT2D eigenvalue weighted by Gasteiger charge is 2.33. The van der Waals surface area contributed by atoms with E-state index < -0.39 is 5.60 Å². The number of carbonyl (C=O) groups excluding carboxylic acids is 1. The van der Waals surface area contributed by atoms with Crippen LogP contribution >= 0.6 is 0 Å². The maximum absolute atomic E-state index is 12.5. The molecule has 0 fully saturated rings. The lowest BCUT2D eigenvalue weighted by Crippen LogP contribution is -2.43. The molecule has 0 radical (unpaired) electrons. The van der Waals surface area contributed by atoms with E-state index in [0.717, 1.165) is 24.4 Å². The molecule has 0 bridgehead atoms. The number of ether oxygens (including phenoxy) is 2. The summed E-state index contributed by atoms with van der Waals surface area (Å²) in [5, 5.41) is 2.92. The van der Waals surface area contributed by atoms with Crippen LogP contribution in [0.2, 0.25) is 0 Å². The number of hydrogen-bond donors (Lipinski definition) is 1. The van der Waals surface area contributed by atoms with E-state index in [1.807, 2.05) is 45.3 Å². The van der Waals surface area contributed by atoms with Gasteiger partial charge in [0, 0.05) is 19.3 Å². The van der Waals surface area contributed by atoms with Crippen molar-refractivity contribution in [2.24, 2.45) is 5.92 Å². The summed E-state index contributed by atoms with van der Waals surface area (Å²) in [4.78, 5) is 14.6. The number of amides is 1. The van der Waals surface area contributed by atoms with Crippen molar-refractivity contribution in [1.82, 2.24) is 4.90 Å². The molecular weight excluding hydrogens is 304 g/mol. The molecule has 0 aromatic heterocycles. The summed E-state index contributed by atoms with van der Waals surface area (Å²) in [6, 6.07) is 7.45. The normalized spacial score (nSPS) is 13.8. The standard InChI is InChI=1S/C19H32N2O3/c1-15(2)14-19(3,23-6)18(22)20-16-8-10-17(11-9-16)24-13-7-12-21(4)5/h8-11,15H,7,12-14H2,1-6H3,(H,20,22)/t19-/m1/s1. The molecule has 1 aromatic carbocycles. The van der Waals surface area contributed by atoms with E-state index in [9.17, 15) is 4.79 Å². The van der Waals surface area contributed by atoms with Crippen LogP contribution in [0.3, 0.4) is 0 Å². The minimum atomic E-state index is -0.824. The highest BCUT2D eigenvalue weighted by atomic mass is 16.5. The maximum Gasteiger partial charge on any atom is 0.256 e. The van der Waals surface area contributed by atoms with Crippen LogP contribution in [0.4, 0.5) is 5.69 Å². The van der Waals surface area contributed by atoms with Gasteiger partial charge in [-0.3, -0.25) is 4.79 Å². The van der Waals surface area contributed by atoms with E-state index in [-0.39, 0.29) is 5.91 Å². The first-order valence-electron chi connectivity index (χ1n) is 8.51. The molecule has 0 aliphatic rings. The fraction of sp³-hybridized carbons (Fsp3) is 0.632. The van der Waals surface area contributed by atoms with Crippen molar-refractivity contribution in [3.63, 3.8) is 0 Å². The smallest absolute Gasteiger partial charge is 0.256 e. The Balaban J connectivity index is 2.55. The first-order chi connectivity index (χ1) is 11.3. The van der Waals surface area contributed by atoms with Crippen molar-refractivity contribution in [3.05, 3.63) is 24.3 Å². The summed E-state index contributed by atoms with van der Waals surface area (Å²) in [7, 11) is 5.67. The highest BCUT2D eigenvalue weighted by molar-refractivity contribution is 5.97. The lowest BCUT2D eigenvalue weighted by atomic mass is 9.93. The van der Waals surface area contributed by atoms with Gasteiger partial charge in [-0.25, -0.2) is 0 Å². The van der Waals surface area contributed by atoms with Gasteiger partial charge in [0.15, 0.2) is 0 Å². The zero-order valence-electron chi connectivity index (χ0n) is 15.9. The largest absolute Gasteiger partial charge is 0.494 e. The lowest BCUT2D eigenvalue weighted by molar-refractivity contribution is -0.137. The van der Waals surface area contributed by atoms with Gasteiger partial charge in [-0.05, 0) is 64.0 Å². The van der Waals surface area contributed by atoms with Crippen molar-refractivity contribution in [1.29, 1.82) is 0 Å². The summed E-state index contributed by atoms with van der Waals surface area (Å²) in [5.41, 5.74) is -0.0807. The van der Waals surface area contributed by atoms with Crippen molar-refractivity contribution < 1.29 is 14.3 Å². The molecule has 0 aliphatic heterocycles. The predicted octanol–water partition coefficient (Wildman–Crippen LogP) is 3.41. The van der Waals surface area contributed by atoms with Crippen molar-refractivity contribution in [2.75, 3.05) is 39.7 Å². The molecule has 0 heterocycles. The van der Waals surface area contributed by atoms with Crippen LogP contribution in [-0.4, -0.2) is 50.8 Å². The molecule has 5 nitrogen and oxygen atoms in total. The van der Waals surface area contributed by atoms with Crippen LogP contribution in [0.25, 0.3) is 0 Å². The molecule has 1 rings (SSSR count). The third kappa shape index (κ3) is 6.89. The fourth-order valence-electron chi connectivity index (χ4n) is 2.52. The Labute approximate surface area is 146 Å². The van der Waals surface area contributed by atoms with Crippen LogP contribution in [0, 0.1) is 5.92 Å². The van der Waals surface area contributed by atoms with Gasteiger partial charge < -0.3 is 19.7 Å². The topological polar surface area (TPSA) is 50.8 Å². The molecule has 24 heavy (non-hydrogen) atoms. The first-order valence-corrected chi connectivity index (χ1v) is 8.51. The highest BCUT2D eigenvalue weighted by Crippen LogP contribution is 2.23. The summed E-state index contributed by atoms with van der Waals surface area (Å²) in [5.74, 6) is 1.06. The second-order valence-electron chi connectivity index (χ2n) is 7.02. The van der Waals surface area contributed by atoms with Crippen LogP contribution in [0.15, 0.2) is 24.3 Å². The molecule has 5 heteroatoms. The summed E-state index contributed by atoms with van der Waals surface area (Å²) >= 11 is 0. The molecule has 0 saturated carbocycles. The van der Waals surface area contributed by atoms with Crippen molar-refractivity contribution in [3.8, 4) is 5.75 Å². The molecule has 1 amide bonds. The van der Waals surface area contributed by atoms with Gasteiger partial charge in [0.05, 0.1) is 6.61 Å². The minimum absolute atomic E-state index is 0.127. The molecule has 0 aliphatic carbocycles. The Morgan fingerprint density at radius 2 is 1.88 bits per heavy atom. The molecule has 1 aromatic rings. The van der Waals surface area contributed by atoms with Gasteiger partial charge in [-0.15, -0.1) is 0 Å². The Morgan fingerprint density at radius 3 is 2.38 bits per heavy atom. The van der Waals surface area contributed by atoms with E-state index in [1.165, 1.54) is 0 Å². The van der Waals surface area contributed by atoms with Crippen LogP contribution in [0.5, 0.6) is 5.75 Å². The number of hydrogen-bond acceptors (Lipinski definition) is 4. The molecule has 136 valence electrons. The van der Waals surface area contributed by atoms with E-state index >= 15 is 0 Å². The third-order valence-corrected chi connectivity index (χ3v) is 3.86. The third-order valence-electron chi connectivity index (χ3n) is 3.86. The number of rotatable bonds is 10. The zero-order valence-corrected chi connectivity index (χ0v) is 15.9. The van der Waals surface area contributed by atoms with Gasteiger partial charge in [-0.2, -0.15) is 0 Å². The second kappa shape index (κ2) is 9.64. The first kappa shape index (κ1) is 20.5. The number of nitrogens with one attached hydrogen (secondary N) is 1. The fourth-order valence-corrected chi connectivity index (χ4v) is 2.52. The summed E-state index contributed by atoms with van der Waals surface area (Å²) in [6.07, 6.45) is 1.65. The SMILES string of the molecule is CO[C@](C)(CC(C)C)C(=O)Nc1ccc(OCCCN(C)C)cc1. The molecule has 0 saturated heterocycles. The maximum atomic E-state index is 12.5. The van der Waals surface area contributed by atoms with Gasteiger partial charge in [0.1, 0.15) is 11.4 Å². The summed E-state index contributed by atoms with van der Waals surface area (Å²) < 4.78 is 11.1. The quantitative estimate of drug-likeness (QED) is 0.665. The van der Waals surface area contributed by atoms with Gasteiger partial charge in [0.2, 0.25) is 0 Å². The number of benzene rings is 1. The van der Waals surface area contributed by atoms with E-state index in [0.29, 0.717) is 18.9 Å². The number of anilines is 1. The van der Waals surface area contributed by atoms with Crippen LogP contribution in [0.1, 0.15) is 33.6 Å². The molecule has 1 N–H and O–H groups in total. The Kier molecular flexibility index (Phi) is 8.22. The van der Waals surface area contributed by atoms with E-state index in [2.05, 4.69) is 24.1 Å². The number of carbonyl (C=O) groups is 1. The average Bonchev–Trinajstić information content (AvgIpc) is 2.52. The van der Waals surface area contributed by atoms with Crippen molar-refractivity contribution in [2.45, 2.75) is 39.2 Å². The van der Waals surface area contributed by atoms with E-state index in [1.54, 1.807) is 7.11 Å². The van der Waals surface area contributed by atoms with Gasteiger partial charge >= 0.3 is 0 Å². The summed E-state index contributed by atoms with van der Waals surface area (Å²) in [6.45, 7) is 7.66. The van der Waals surface area contributed by atoms with Gasteiger partial charge in [0.25, 0.3) is 5.91 Å². The zero-order chi connectivity index (χ0) is 18.2.